The summed E-state index contributed by atoms with van der Waals surface area (Å²) in [4.78, 5) is 12.3. The largest absolute Gasteiger partial charge is 0.383 e. The fourth-order valence-electron chi connectivity index (χ4n) is 2.32. The highest BCUT2D eigenvalue weighted by Gasteiger charge is 2.44. The molecule has 0 aromatic rings. The van der Waals surface area contributed by atoms with Gasteiger partial charge in [0.25, 0.3) is 0 Å². The quantitative estimate of drug-likeness (QED) is 0.731. The molecule has 1 aliphatic rings. The van der Waals surface area contributed by atoms with Crippen LogP contribution >= 0.6 is 0 Å². The van der Waals surface area contributed by atoms with E-state index in [4.69, 9.17) is 4.74 Å². The summed E-state index contributed by atoms with van der Waals surface area (Å²) in [5.74, 6) is 0.522. The summed E-state index contributed by atoms with van der Waals surface area (Å²) in [5.41, 5.74) is -0.234. The zero-order valence-corrected chi connectivity index (χ0v) is 10.8. The van der Waals surface area contributed by atoms with E-state index in [-0.39, 0.29) is 17.4 Å². The highest BCUT2D eigenvalue weighted by Crippen LogP contribution is 2.34. The number of carbonyl (C=O) groups excluding carboxylic acids is 1. The van der Waals surface area contributed by atoms with Gasteiger partial charge in [-0.2, -0.15) is 0 Å². The highest BCUT2D eigenvalue weighted by atomic mass is 16.5. The number of carbonyl (C=O) groups is 1. The number of rotatable bonds is 5. The van der Waals surface area contributed by atoms with Crippen LogP contribution in [0.5, 0.6) is 0 Å². The number of amides is 1. The molecule has 0 saturated carbocycles. The zero-order chi connectivity index (χ0) is 12.2. The first kappa shape index (κ1) is 13.5. The van der Waals surface area contributed by atoms with Crippen molar-refractivity contribution in [1.29, 1.82) is 0 Å². The molecule has 2 N–H and O–H groups in total. The average molecular weight is 228 g/mol. The van der Waals surface area contributed by atoms with Crippen molar-refractivity contribution >= 4 is 5.91 Å². The third-order valence-electron chi connectivity index (χ3n) is 3.54. The number of hydrogen-bond donors (Lipinski definition) is 2. The maximum atomic E-state index is 12.3. The van der Waals surface area contributed by atoms with Gasteiger partial charge in [-0.1, -0.05) is 13.8 Å². The predicted molar refractivity (Wildman–Crippen MR) is 64.2 cm³/mol. The molecule has 0 bridgehead atoms. The first-order chi connectivity index (χ1) is 7.53. The summed E-state index contributed by atoms with van der Waals surface area (Å²) < 4.78 is 5.03. The molecule has 94 valence electrons. The lowest BCUT2D eigenvalue weighted by molar-refractivity contribution is -0.133. The molecule has 2 unspecified atom stereocenters. The van der Waals surface area contributed by atoms with Gasteiger partial charge in [0.2, 0.25) is 5.91 Å². The van der Waals surface area contributed by atoms with Gasteiger partial charge >= 0.3 is 0 Å². The van der Waals surface area contributed by atoms with Crippen LogP contribution in [0.4, 0.5) is 0 Å². The standard InChI is InChI=1S/C12H24N2O2/c1-9(2)12(5-6-13-8-12)11(15)14-10(3)7-16-4/h9-10,13H,5-8H2,1-4H3,(H,14,15). The topological polar surface area (TPSA) is 50.4 Å². The van der Waals surface area contributed by atoms with E-state index in [2.05, 4.69) is 24.5 Å². The molecule has 0 aromatic heterocycles. The molecule has 1 rings (SSSR count). The van der Waals surface area contributed by atoms with Crippen LogP contribution in [-0.4, -0.2) is 38.8 Å². The van der Waals surface area contributed by atoms with E-state index in [0.29, 0.717) is 12.5 Å². The Labute approximate surface area is 98.1 Å². The number of methoxy groups -OCH3 is 1. The Bertz CT molecular complexity index is 235. The summed E-state index contributed by atoms with van der Waals surface area (Å²) in [6, 6.07) is 0.0775. The van der Waals surface area contributed by atoms with Crippen LogP contribution in [0.2, 0.25) is 0 Å². The van der Waals surface area contributed by atoms with E-state index in [0.717, 1.165) is 19.5 Å². The van der Waals surface area contributed by atoms with E-state index in [1.165, 1.54) is 0 Å². The van der Waals surface area contributed by atoms with Crippen molar-refractivity contribution in [2.75, 3.05) is 26.8 Å². The van der Waals surface area contributed by atoms with E-state index in [1.807, 2.05) is 6.92 Å². The maximum absolute atomic E-state index is 12.3. The van der Waals surface area contributed by atoms with Crippen LogP contribution in [0.15, 0.2) is 0 Å². The van der Waals surface area contributed by atoms with Crippen molar-refractivity contribution in [2.45, 2.75) is 33.2 Å². The van der Waals surface area contributed by atoms with E-state index < -0.39 is 0 Å². The van der Waals surface area contributed by atoms with Crippen molar-refractivity contribution < 1.29 is 9.53 Å². The van der Waals surface area contributed by atoms with Crippen molar-refractivity contribution in [1.82, 2.24) is 10.6 Å². The average Bonchev–Trinajstić information content (AvgIpc) is 2.67. The number of nitrogens with one attached hydrogen (secondary N) is 2. The molecule has 1 heterocycles. The van der Waals surface area contributed by atoms with Gasteiger partial charge in [-0.15, -0.1) is 0 Å². The minimum atomic E-state index is -0.234. The fourth-order valence-corrected chi connectivity index (χ4v) is 2.32. The van der Waals surface area contributed by atoms with Crippen LogP contribution in [0, 0.1) is 11.3 Å². The molecule has 0 radical (unpaired) electrons. The summed E-state index contributed by atoms with van der Waals surface area (Å²) in [6.07, 6.45) is 0.927. The van der Waals surface area contributed by atoms with Gasteiger partial charge in [0.15, 0.2) is 0 Å². The zero-order valence-electron chi connectivity index (χ0n) is 10.8. The molecular formula is C12H24N2O2. The molecule has 4 nitrogen and oxygen atoms in total. The normalized spacial score (nSPS) is 27.1. The van der Waals surface area contributed by atoms with Crippen LogP contribution < -0.4 is 10.6 Å². The van der Waals surface area contributed by atoms with Crippen molar-refractivity contribution in [2.24, 2.45) is 11.3 Å². The van der Waals surface area contributed by atoms with Gasteiger partial charge in [-0.05, 0) is 25.8 Å². The molecule has 1 saturated heterocycles. The lowest BCUT2D eigenvalue weighted by Gasteiger charge is -2.32. The van der Waals surface area contributed by atoms with Gasteiger partial charge in [0, 0.05) is 19.7 Å². The monoisotopic (exact) mass is 228 g/mol. The lowest BCUT2D eigenvalue weighted by atomic mass is 9.75. The molecule has 1 aliphatic heterocycles. The molecule has 0 spiro atoms. The summed E-state index contributed by atoms with van der Waals surface area (Å²) >= 11 is 0. The molecular weight excluding hydrogens is 204 g/mol. The molecule has 16 heavy (non-hydrogen) atoms. The molecule has 0 aromatic carbocycles. The molecule has 2 atom stereocenters. The SMILES string of the molecule is COCC(C)NC(=O)C1(C(C)C)CCNC1. The van der Waals surface area contributed by atoms with Gasteiger partial charge in [0.1, 0.15) is 0 Å². The third kappa shape index (κ3) is 2.74. The van der Waals surface area contributed by atoms with Gasteiger partial charge in [-0.25, -0.2) is 0 Å². The van der Waals surface area contributed by atoms with Crippen molar-refractivity contribution in [3.05, 3.63) is 0 Å². The molecule has 0 aliphatic carbocycles. The number of hydrogen-bond acceptors (Lipinski definition) is 3. The smallest absolute Gasteiger partial charge is 0.228 e. The Kier molecular flexibility index (Phi) is 4.74. The molecule has 1 amide bonds. The fraction of sp³-hybridized carbons (Fsp3) is 0.917. The third-order valence-corrected chi connectivity index (χ3v) is 3.54. The maximum Gasteiger partial charge on any atom is 0.228 e. The Morgan fingerprint density at radius 2 is 2.19 bits per heavy atom. The van der Waals surface area contributed by atoms with E-state index in [1.54, 1.807) is 7.11 Å². The first-order valence-electron chi connectivity index (χ1n) is 6.03. The van der Waals surface area contributed by atoms with Crippen LogP contribution in [0.25, 0.3) is 0 Å². The minimum Gasteiger partial charge on any atom is -0.383 e. The second-order valence-corrected chi connectivity index (χ2v) is 5.07. The minimum absolute atomic E-state index is 0.0775. The van der Waals surface area contributed by atoms with Crippen LogP contribution in [-0.2, 0) is 9.53 Å². The van der Waals surface area contributed by atoms with Crippen molar-refractivity contribution in [3.63, 3.8) is 0 Å². The van der Waals surface area contributed by atoms with Gasteiger partial charge in [-0.3, -0.25) is 4.79 Å². The Hall–Kier alpha value is -0.610. The van der Waals surface area contributed by atoms with E-state index in [9.17, 15) is 4.79 Å². The Balaban J connectivity index is 2.62. The second kappa shape index (κ2) is 5.64. The first-order valence-corrected chi connectivity index (χ1v) is 6.03. The van der Waals surface area contributed by atoms with E-state index >= 15 is 0 Å². The predicted octanol–water partition coefficient (Wildman–Crippen LogP) is 0.773. The van der Waals surface area contributed by atoms with Gasteiger partial charge in [0.05, 0.1) is 12.0 Å². The molecule has 4 heteroatoms. The second-order valence-electron chi connectivity index (χ2n) is 5.07. The van der Waals surface area contributed by atoms with Crippen LogP contribution in [0.3, 0.4) is 0 Å². The highest BCUT2D eigenvalue weighted by molar-refractivity contribution is 5.83. The van der Waals surface area contributed by atoms with Crippen LogP contribution in [0.1, 0.15) is 27.2 Å². The molecule has 1 fully saturated rings. The summed E-state index contributed by atoms with van der Waals surface area (Å²) in [7, 11) is 1.65. The Morgan fingerprint density at radius 3 is 2.62 bits per heavy atom. The Morgan fingerprint density at radius 1 is 1.50 bits per heavy atom. The van der Waals surface area contributed by atoms with Gasteiger partial charge < -0.3 is 15.4 Å². The summed E-state index contributed by atoms with van der Waals surface area (Å²) in [5, 5.41) is 6.33. The lowest BCUT2D eigenvalue weighted by Crippen LogP contribution is -2.49. The number of ether oxygens (including phenoxy) is 1. The summed E-state index contributed by atoms with van der Waals surface area (Å²) in [6.45, 7) is 8.49. The van der Waals surface area contributed by atoms with Crippen molar-refractivity contribution in [3.8, 4) is 0 Å².